The molecule has 0 aliphatic carbocycles. The SMILES string of the molecule is Cc1ccc(S(N)(=O)=O)cc1CCCc1c(C)ccc(S(N)(=O)=O)c1C. The van der Waals surface area contributed by atoms with Gasteiger partial charge in [0.05, 0.1) is 9.79 Å². The Morgan fingerprint density at radius 2 is 1.42 bits per heavy atom. The second kappa shape index (κ2) is 7.48. The van der Waals surface area contributed by atoms with E-state index in [9.17, 15) is 16.8 Å². The first-order chi connectivity index (χ1) is 11.9. The highest BCUT2D eigenvalue weighted by Crippen LogP contribution is 2.24. The van der Waals surface area contributed by atoms with Crippen LogP contribution in [0.5, 0.6) is 0 Å². The van der Waals surface area contributed by atoms with E-state index in [2.05, 4.69) is 0 Å². The maximum absolute atomic E-state index is 11.7. The molecule has 26 heavy (non-hydrogen) atoms. The molecule has 2 aromatic rings. The largest absolute Gasteiger partial charge is 0.238 e. The molecule has 0 amide bonds. The van der Waals surface area contributed by atoms with Gasteiger partial charge in [0.15, 0.2) is 0 Å². The summed E-state index contributed by atoms with van der Waals surface area (Å²) in [6.07, 6.45) is 2.07. The average Bonchev–Trinajstić information content (AvgIpc) is 2.49. The van der Waals surface area contributed by atoms with E-state index in [1.165, 1.54) is 12.1 Å². The standard InChI is InChI=1S/C18H24N2O4S2/c1-12-7-9-16(25(19,21)22)11-15(12)5-4-6-17-13(2)8-10-18(14(17)3)26(20,23)24/h7-11H,4-6H2,1-3H3,(H2,19,21,22)(H2,20,23,24). The van der Waals surface area contributed by atoms with Crippen LogP contribution in [-0.2, 0) is 32.9 Å². The van der Waals surface area contributed by atoms with Crippen LogP contribution in [0.3, 0.4) is 0 Å². The van der Waals surface area contributed by atoms with Gasteiger partial charge in [-0.15, -0.1) is 0 Å². The third kappa shape index (κ3) is 4.70. The molecule has 6 nitrogen and oxygen atoms in total. The van der Waals surface area contributed by atoms with Crippen LogP contribution in [0.1, 0.15) is 34.2 Å². The minimum Gasteiger partial charge on any atom is -0.225 e. The fourth-order valence-electron chi connectivity index (χ4n) is 3.11. The molecular weight excluding hydrogens is 372 g/mol. The highest BCUT2D eigenvalue weighted by atomic mass is 32.2. The first kappa shape index (κ1) is 20.6. The Labute approximate surface area is 155 Å². The van der Waals surface area contributed by atoms with E-state index >= 15 is 0 Å². The van der Waals surface area contributed by atoms with Crippen LogP contribution in [0.15, 0.2) is 40.1 Å². The van der Waals surface area contributed by atoms with E-state index in [0.29, 0.717) is 18.4 Å². The van der Waals surface area contributed by atoms with Gasteiger partial charge < -0.3 is 0 Å². The molecule has 4 N–H and O–H groups in total. The Bertz CT molecular complexity index is 1040. The van der Waals surface area contributed by atoms with Crippen molar-refractivity contribution in [1.82, 2.24) is 0 Å². The van der Waals surface area contributed by atoms with Crippen molar-refractivity contribution in [2.45, 2.75) is 49.8 Å². The summed E-state index contributed by atoms with van der Waals surface area (Å²) in [6.45, 7) is 5.61. The maximum Gasteiger partial charge on any atom is 0.238 e. The monoisotopic (exact) mass is 396 g/mol. The molecule has 2 aromatic carbocycles. The van der Waals surface area contributed by atoms with Crippen molar-refractivity contribution >= 4 is 20.0 Å². The van der Waals surface area contributed by atoms with Gasteiger partial charge in [0.1, 0.15) is 0 Å². The normalized spacial score (nSPS) is 12.3. The van der Waals surface area contributed by atoms with E-state index in [1.807, 2.05) is 13.8 Å². The van der Waals surface area contributed by atoms with Gasteiger partial charge in [-0.05, 0) is 86.1 Å². The molecule has 0 atom stereocenters. The summed E-state index contributed by atoms with van der Waals surface area (Å²) < 4.78 is 46.4. The summed E-state index contributed by atoms with van der Waals surface area (Å²) in [4.78, 5) is 0.243. The van der Waals surface area contributed by atoms with Gasteiger partial charge in [0, 0.05) is 0 Å². The lowest BCUT2D eigenvalue weighted by Gasteiger charge is -2.14. The second-order valence-electron chi connectivity index (χ2n) is 6.52. The van der Waals surface area contributed by atoms with Gasteiger partial charge in [-0.25, -0.2) is 27.1 Å². The maximum atomic E-state index is 11.7. The molecule has 0 saturated heterocycles. The zero-order valence-corrected chi connectivity index (χ0v) is 16.7. The lowest BCUT2D eigenvalue weighted by molar-refractivity contribution is 0.595. The summed E-state index contributed by atoms with van der Waals surface area (Å²) in [5.41, 5.74) is 4.53. The minimum absolute atomic E-state index is 0.0988. The summed E-state index contributed by atoms with van der Waals surface area (Å²) >= 11 is 0. The van der Waals surface area contributed by atoms with Crippen LogP contribution in [0.2, 0.25) is 0 Å². The number of primary sulfonamides is 2. The van der Waals surface area contributed by atoms with Crippen molar-refractivity contribution in [3.05, 3.63) is 58.1 Å². The first-order valence-corrected chi connectivity index (χ1v) is 11.2. The number of benzene rings is 2. The Morgan fingerprint density at radius 3 is 2.00 bits per heavy atom. The molecule has 0 saturated carbocycles. The Morgan fingerprint density at radius 1 is 0.808 bits per heavy atom. The molecule has 0 fully saturated rings. The average molecular weight is 397 g/mol. The van der Waals surface area contributed by atoms with E-state index in [1.54, 1.807) is 25.1 Å². The Balaban J connectivity index is 2.24. The highest BCUT2D eigenvalue weighted by Gasteiger charge is 2.16. The predicted octanol–water partition coefficient (Wildman–Crippen LogP) is 2.08. The second-order valence-corrected chi connectivity index (χ2v) is 9.61. The van der Waals surface area contributed by atoms with Gasteiger partial charge >= 0.3 is 0 Å². The van der Waals surface area contributed by atoms with Crippen molar-refractivity contribution in [3.8, 4) is 0 Å². The zero-order valence-electron chi connectivity index (χ0n) is 15.1. The number of aryl methyl sites for hydroxylation is 3. The van der Waals surface area contributed by atoms with Crippen molar-refractivity contribution in [3.63, 3.8) is 0 Å². The van der Waals surface area contributed by atoms with Gasteiger partial charge in [0.25, 0.3) is 0 Å². The summed E-state index contributed by atoms with van der Waals surface area (Å²) in [5.74, 6) is 0. The third-order valence-corrected chi connectivity index (χ3v) is 6.58. The summed E-state index contributed by atoms with van der Waals surface area (Å²) in [6, 6.07) is 8.13. The molecule has 0 spiro atoms. The molecule has 0 aliphatic heterocycles. The minimum atomic E-state index is -3.76. The Kier molecular flexibility index (Phi) is 5.92. The van der Waals surface area contributed by atoms with Crippen LogP contribution in [0.25, 0.3) is 0 Å². The summed E-state index contributed by atoms with van der Waals surface area (Å²) in [5, 5.41) is 10.5. The zero-order chi connectivity index (χ0) is 19.7. The van der Waals surface area contributed by atoms with Crippen LogP contribution >= 0.6 is 0 Å². The molecule has 0 radical (unpaired) electrons. The van der Waals surface area contributed by atoms with Crippen molar-refractivity contribution < 1.29 is 16.8 Å². The van der Waals surface area contributed by atoms with Crippen molar-refractivity contribution in [2.75, 3.05) is 0 Å². The van der Waals surface area contributed by atoms with E-state index < -0.39 is 20.0 Å². The van der Waals surface area contributed by atoms with Crippen LogP contribution in [-0.4, -0.2) is 16.8 Å². The lowest BCUT2D eigenvalue weighted by Crippen LogP contribution is -2.15. The Hall–Kier alpha value is -1.74. The van der Waals surface area contributed by atoms with Gasteiger partial charge in [-0.3, -0.25) is 0 Å². The van der Waals surface area contributed by atoms with E-state index in [0.717, 1.165) is 28.7 Å². The van der Waals surface area contributed by atoms with Crippen molar-refractivity contribution in [1.29, 1.82) is 0 Å². The first-order valence-electron chi connectivity index (χ1n) is 8.15. The van der Waals surface area contributed by atoms with Crippen molar-refractivity contribution in [2.24, 2.45) is 10.3 Å². The molecule has 0 aliphatic rings. The lowest BCUT2D eigenvalue weighted by atomic mass is 9.95. The highest BCUT2D eigenvalue weighted by molar-refractivity contribution is 7.89. The molecule has 142 valence electrons. The fraction of sp³-hybridized carbons (Fsp3) is 0.333. The molecule has 0 unspecified atom stereocenters. The molecule has 2 rings (SSSR count). The number of hydrogen-bond acceptors (Lipinski definition) is 4. The van der Waals surface area contributed by atoms with Gasteiger partial charge in [-0.1, -0.05) is 12.1 Å². The topological polar surface area (TPSA) is 120 Å². The molecular formula is C18H24N2O4S2. The quantitative estimate of drug-likeness (QED) is 0.776. The smallest absolute Gasteiger partial charge is 0.225 e. The number of sulfonamides is 2. The van der Waals surface area contributed by atoms with Crippen LogP contribution in [0, 0.1) is 20.8 Å². The van der Waals surface area contributed by atoms with E-state index in [4.69, 9.17) is 10.3 Å². The van der Waals surface area contributed by atoms with Gasteiger partial charge in [0.2, 0.25) is 20.0 Å². The van der Waals surface area contributed by atoms with E-state index in [-0.39, 0.29) is 9.79 Å². The number of hydrogen-bond donors (Lipinski definition) is 2. The predicted molar refractivity (Wildman–Crippen MR) is 102 cm³/mol. The van der Waals surface area contributed by atoms with Crippen LogP contribution in [0.4, 0.5) is 0 Å². The third-order valence-electron chi connectivity index (χ3n) is 4.61. The van der Waals surface area contributed by atoms with Gasteiger partial charge in [-0.2, -0.15) is 0 Å². The number of nitrogens with two attached hydrogens (primary N) is 2. The van der Waals surface area contributed by atoms with Crippen LogP contribution < -0.4 is 10.3 Å². The molecule has 0 bridgehead atoms. The molecule has 8 heteroatoms. The fourth-order valence-corrected chi connectivity index (χ4v) is 4.49. The molecule has 0 heterocycles. The number of rotatable bonds is 6. The molecule has 0 aromatic heterocycles. The summed E-state index contributed by atoms with van der Waals surface area (Å²) in [7, 11) is -7.49.